The summed E-state index contributed by atoms with van der Waals surface area (Å²) in [6, 6.07) is 9.84. The van der Waals surface area contributed by atoms with Crippen LogP contribution in [0.15, 0.2) is 47.6 Å². The maximum atomic E-state index is 13.1. The van der Waals surface area contributed by atoms with E-state index < -0.39 is 21.3 Å². The number of benzene rings is 2. The predicted octanol–water partition coefficient (Wildman–Crippen LogP) is 4.28. The fourth-order valence-corrected chi connectivity index (χ4v) is 3.22. The SMILES string of the molecule is C/C(=N\N(C)c1ccc(F)cc1)c1cc(C)ccc1N(C)S(=O)(=O)C(F)(F)F. The van der Waals surface area contributed by atoms with Crippen molar-refractivity contribution >= 4 is 27.1 Å². The maximum absolute atomic E-state index is 13.1. The lowest BCUT2D eigenvalue weighted by atomic mass is 10.1. The van der Waals surface area contributed by atoms with Crippen molar-refractivity contribution in [3.63, 3.8) is 0 Å². The third-order valence-corrected chi connectivity index (χ3v) is 5.54. The zero-order chi connectivity index (χ0) is 21.3. The van der Waals surface area contributed by atoms with E-state index in [0.717, 1.165) is 12.6 Å². The van der Waals surface area contributed by atoms with E-state index >= 15 is 0 Å². The molecule has 0 saturated heterocycles. The van der Waals surface area contributed by atoms with Crippen molar-refractivity contribution < 1.29 is 26.0 Å². The summed E-state index contributed by atoms with van der Waals surface area (Å²) in [7, 11) is -3.13. The van der Waals surface area contributed by atoms with Crippen LogP contribution in [0.2, 0.25) is 0 Å². The standard InChI is InChI=1S/C18H19F4N3O2S/c1-12-5-10-17(25(4)28(26,27)18(20,21)22)16(11-12)13(2)23-24(3)15-8-6-14(19)7-9-15/h5-11H,1-4H3/b23-13+. The van der Waals surface area contributed by atoms with Crippen molar-refractivity contribution in [3.8, 4) is 0 Å². The molecule has 0 heterocycles. The number of sulfonamides is 1. The molecule has 0 aliphatic rings. The Morgan fingerprint density at radius 2 is 1.61 bits per heavy atom. The Labute approximate surface area is 160 Å². The van der Waals surface area contributed by atoms with Gasteiger partial charge in [0.25, 0.3) is 0 Å². The number of hydrogen-bond acceptors (Lipinski definition) is 4. The smallest absolute Gasteiger partial charge is 0.268 e. The number of anilines is 2. The third kappa shape index (κ3) is 4.44. The maximum Gasteiger partial charge on any atom is 0.516 e. The third-order valence-electron chi connectivity index (χ3n) is 4.03. The normalized spacial score (nSPS) is 12.8. The van der Waals surface area contributed by atoms with Crippen LogP contribution < -0.4 is 9.31 Å². The van der Waals surface area contributed by atoms with Crippen molar-refractivity contribution in [3.05, 3.63) is 59.4 Å². The Morgan fingerprint density at radius 3 is 2.14 bits per heavy atom. The summed E-state index contributed by atoms with van der Waals surface area (Å²) in [4.78, 5) is 0. The van der Waals surface area contributed by atoms with Gasteiger partial charge in [0, 0.05) is 19.7 Å². The van der Waals surface area contributed by atoms with Crippen molar-refractivity contribution in [1.82, 2.24) is 0 Å². The lowest BCUT2D eigenvalue weighted by molar-refractivity contribution is -0.0437. The van der Waals surface area contributed by atoms with E-state index in [9.17, 15) is 26.0 Å². The van der Waals surface area contributed by atoms with E-state index in [2.05, 4.69) is 5.10 Å². The highest BCUT2D eigenvalue weighted by atomic mass is 32.2. The summed E-state index contributed by atoms with van der Waals surface area (Å²) in [6.07, 6.45) is 0. The minimum absolute atomic E-state index is 0.156. The molecule has 0 bridgehead atoms. The number of rotatable bonds is 5. The second-order valence-electron chi connectivity index (χ2n) is 6.12. The quantitative estimate of drug-likeness (QED) is 0.415. The number of nitrogens with zero attached hydrogens (tertiary/aromatic N) is 3. The van der Waals surface area contributed by atoms with Crippen LogP contribution in [-0.4, -0.2) is 33.7 Å². The summed E-state index contributed by atoms with van der Waals surface area (Å²) in [5.41, 5.74) is -3.81. The van der Waals surface area contributed by atoms with Crippen LogP contribution in [0.25, 0.3) is 0 Å². The van der Waals surface area contributed by atoms with Gasteiger partial charge in [-0.15, -0.1) is 0 Å². The first-order chi connectivity index (χ1) is 12.8. The van der Waals surface area contributed by atoms with Gasteiger partial charge in [0.15, 0.2) is 0 Å². The lowest BCUT2D eigenvalue weighted by Gasteiger charge is -2.24. The van der Waals surface area contributed by atoms with E-state index in [0.29, 0.717) is 5.69 Å². The average Bonchev–Trinajstić information content (AvgIpc) is 2.60. The van der Waals surface area contributed by atoms with Gasteiger partial charge in [-0.25, -0.2) is 4.39 Å². The van der Waals surface area contributed by atoms with Crippen LogP contribution in [0.1, 0.15) is 18.1 Å². The van der Waals surface area contributed by atoms with Gasteiger partial charge in [-0.3, -0.25) is 9.31 Å². The largest absolute Gasteiger partial charge is 0.516 e. The van der Waals surface area contributed by atoms with Gasteiger partial charge >= 0.3 is 15.5 Å². The minimum Gasteiger partial charge on any atom is -0.268 e. The highest BCUT2D eigenvalue weighted by Crippen LogP contribution is 2.32. The van der Waals surface area contributed by atoms with Gasteiger partial charge in [0.05, 0.1) is 17.1 Å². The summed E-state index contributed by atoms with van der Waals surface area (Å²) in [5, 5.41) is 5.72. The lowest BCUT2D eigenvalue weighted by Crippen LogP contribution is -2.38. The molecule has 0 N–H and O–H groups in total. The Bertz CT molecular complexity index is 987. The minimum atomic E-state index is -5.56. The molecule has 0 radical (unpaired) electrons. The highest BCUT2D eigenvalue weighted by molar-refractivity contribution is 7.93. The number of hydrogen-bond donors (Lipinski definition) is 0. The van der Waals surface area contributed by atoms with Crippen LogP contribution in [0.5, 0.6) is 0 Å². The zero-order valence-electron chi connectivity index (χ0n) is 15.6. The first kappa shape index (κ1) is 21.7. The summed E-state index contributed by atoms with van der Waals surface area (Å²) < 4.78 is 75.7. The topological polar surface area (TPSA) is 53.0 Å². The van der Waals surface area contributed by atoms with E-state index in [4.69, 9.17) is 0 Å². The molecule has 2 aromatic rings. The molecular weight excluding hydrogens is 398 g/mol. The molecule has 28 heavy (non-hydrogen) atoms. The first-order valence-electron chi connectivity index (χ1n) is 8.05. The average molecular weight is 417 g/mol. The number of aryl methyl sites for hydroxylation is 1. The molecule has 0 unspecified atom stereocenters. The molecule has 0 aliphatic carbocycles. The van der Waals surface area contributed by atoms with Crippen molar-refractivity contribution in [2.24, 2.45) is 5.10 Å². The molecule has 0 aliphatic heterocycles. The van der Waals surface area contributed by atoms with Gasteiger partial charge in [0.1, 0.15) is 5.82 Å². The first-order valence-corrected chi connectivity index (χ1v) is 9.49. The Kier molecular flexibility index (Phi) is 6.03. The fraction of sp³-hybridized carbons (Fsp3) is 0.278. The van der Waals surface area contributed by atoms with Crippen LogP contribution >= 0.6 is 0 Å². The van der Waals surface area contributed by atoms with Crippen molar-refractivity contribution in [1.29, 1.82) is 0 Å². The summed E-state index contributed by atoms with van der Waals surface area (Å²) >= 11 is 0. The summed E-state index contributed by atoms with van der Waals surface area (Å²) in [6.45, 7) is 3.27. The molecular formula is C18H19F4N3O2S. The monoisotopic (exact) mass is 417 g/mol. The molecule has 0 aromatic heterocycles. The van der Waals surface area contributed by atoms with E-state index in [1.165, 1.54) is 41.4 Å². The molecule has 0 atom stereocenters. The zero-order valence-corrected chi connectivity index (χ0v) is 16.4. The Hall–Kier alpha value is -2.62. The van der Waals surface area contributed by atoms with Crippen molar-refractivity contribution in [2.75, 3.05) is 23.4 Å². The van der Waals surface area contributed by atoms with Gasteiger partial charge in [-0.1, -0.05) is 11.6 Å². The number of hydrazone groups is 1. The van der Waals surface area contributed by atoms with E-state index in [-0.39, 0.29) is 21.3 Å². The molecule has 10 heteroatoms. The van der Waals surface area contributed by atoms with E-state index in [1.807, 2.05) is 0 Å². The molecule has 0 fully saturated rings. The van der Waals surface area contributed by atoms with Crippen LogP contribution in [0, 0.1) is 12.7 Å². The molecule has 0 amide bonds. The van der Waals surface area contributed by atoms with Gasteiger partial charge in [-0.2, -0.15) is 26.7 Å². The number of halogens is 4. The second-order valence-corrected chi connectivity index (χ2v) is 8.09. The van der Waals surface area contributed by atoms with E-state index in [1.54, 1.807) is 27.0 Å². The van der Waals surface area contributed by atoms with Crippen molar-refractivity contribution in [2.45, 2.75) is 19.4 Å². The van der Waals surface area contributed by atoms with Crippen LogP contribution in [-0.2, 0) is 10.0 Å². The van der Waals surface area contributed by atoms with Gasteiger partial charge in [-0.05, 0) is 50.2 Å². The van der Waals surface area contributed by atoms with Gasteiger partial charge in [0.2, 0.25) is 0 Å². The molecule has 152 valence electrons. The molecule has 2 aromatic carbocycles. The van der Waals surface area contributed by atoms with Gasteiger partial charge < -0.3 is 0 Å². The summed E-state index contributed by atoms with van der Waals surface area (Å²) in [5.74, 6) is -0.419. The molecule has 2 rings (SSSR count). The predicted molar refractivity (Wildman–Crippen MR) is 102 cm³/mol. The Balaban J connectivity index is 2.50. The number of alkyl halides is 3. The molecule has 0 spiro atoms. The highest BCUT2D eigenvalue weighted by Gasteiger charge is 2.49. The molecule has 5 nitrogen and oxygen atoms in total. The van der Waals surface area contributed by atoms with Crippen LogP contribution in [0.3, 0.4) is 0 Å². The Morgan fingerprint density at radius 1 is 1.04 bits per heavy atom. The molecule has 0 saturated carbocycles. The van der Waals surface area contributed by atoms with Crippen LogP contribution in [0.4, 0.5) is 28.9 Å². The second kappa shape index (κ2) is 7.78. The fourth-order valence-electron chi connectivity index (χ4n) is 2.49.